The quantitative estimate of drug-likeness (QED) is 0.558. The highest BCUT2D eigenvalue weighted by Crippen LogP contribution is 2.21. The van der Waals surface area contributed by atoms with E-state index in [1.807, 2.05) is 6.92 Å². The average Bonchev–Trinajstić information content (AvgIpc) is 2.25. The average molecular weight is 257 g/mol. The molecule has 0 radical (unpaired) electrons. The molecule has 94 valence electrons. The number of hydrogen-bond donors (Lipinski definition) is 3. The van der Waals surface area contributed by atoms with Gasteiger partial charge in [0.25, 0.3) is 0 Å². The van der Waals surface area contributed by atoms with Gasteiger partial charge in [-0.1, -0.05) is 37.6 Å². The molecule has 0 heterocycles. The molecule has 5 heteroatoms. The Balaban J connectivity index is 0.00000256. The van der Waals surface area contributed by atoms with Gasteiger partial charge in [-0.2, -0.15) is 0 Å². The summed E-state index contributed by atoms with van der Waals surface area (Å²) in [5, 5.41) is 16.3. The van der Waals surface area contributed by atoms with Gasteiger partial charge < -0.3 is 10.8 Å². The van der Waals surface area contributed by atoms with E-state index in [0.717, 1.165) is 12.0 Å². The number of aliphatic carboxylic acids is 1. The normalized spacial score (nSPS) is 11.4. The first-order valence-electron chi connectivity index (χ1n) is 5.23. The first-order chi connectivity index (χ1) is 7.56. The molecule has 1 aromatic rings. The van der Waals surface area contributed by atoms with E-state index in [2.05, 4.69) is 0 Å². The Morgan fingerprint density at radius 3 is 2.29 bits per heavy atom. The molecule has 1 atom stereocenters. The van der Waals surface area contributed by atoms with Gasteiger partial charge in [0.1, 0.15) is 5.84 Å². The molecule has 4 nitrogen and oxygen atoms in total. The summed E-state index contributed by atoms with van der Waals surface area (Å²) in [5.41, 5.74) is 6.70. The predicted molar refractivity (Wildman–Crippen MR) is 70.0 cm³/mol. The van der Waals surface area contributed by atoms with Crippen molar-refractivity contribution in [2.75, 3.05) is 0 Å². The van der Waals surface area contributed by atoms with E-state index in [9.17, 15) is 4.79 Å². The van der Waals surface area contributed by atoms with E-state index in [1.165, 1.54) is 0 Å². The number of amidine groups is 1. The molecule has 0 amide bonds. The number of carboxylic acid groups (broad SMARTS) is 1. The molecule has 0 saturated carbocycles. The smallest absolute Gasteiger partial charge is 0.310 e. The van der Waals surface area contributed by atoms with Gasteiger partial charge in [-0.25, -0.2) is 0 Å². The molecule has 17 heavy (non-hydrogen) atoms. The topological polar surface area (TPSA) is 87.2 Å². The number of hydrogen-bond acceptors (Lipinski definition) is 2. The highest BCUT2D eigenvalue weighted by molar-refractivity contribution is 5.95. The Morgan fingerprint density at radius 2 is 1.94 bits per heavy atom. The van der Waals surface area contributed by atoms with Crippen molar-refractivity contribution in [2.24, 2.45) is 5.73 Å². The first-order valence-corrected chi connectivity index (χ1v) is 5.23. The summed E-state index contributed by atoms with van der Waals surface area (Å²) in [6.07, 6.45) is 1.44. The minimum atomic E-state index is -0.808. The molecule has 0 aliphatic carbocycles. The van der Waals surface area contributed by atoms with Crippen LogP contribution in [0.3, 0.4) is 0 Å². The van der Waals surface area contributed by atoms with Gasteiger partial charge >= 0.3 is 5.97 Å². The summed E-state index contributed by atoms with van der Waals surface area (Å²) in [7, 11) is 0. The molecule has 0 bridgehead atoms. The molecule has 0 aliphatic rings. The largest absolute Gasteiger partial charge is 0.481 e. The molecular formula is C12H17ClN2O2. The van der Waals surface area contributed by atoms with Gasteiger partial charge in [0.2, 0.25) is 0 Å². The van der Waals surface area contributed by atoms with E-state index in [4.69, 9.17) is 16.2 Å². The van der Waals surface area contributed by atoms with Crippen LogP contribution in [0, 0.1) is 5.41 Å². The molecule has 1 unspecified atom stereocenters. The molecule has 0 spiro atoms. The predicted octanol–water partition coefficient (Wildman–Crippen LogP) is 2.36. The lowest BCUT2D eigenvalue weighted by Gasteiger charge is -2.11. The van der Waals surface area contributed by atoms with Crippen molar-refractivity contribution < 1.29 is 9.90 Å². The van der Waals surface area contributed by atoms with Crippen LogP contribution in [0.15, 0.2) is 24.3 Å². The van der Waals surface area contributed by atoms with Crippen molar-refractivity contribution in [1.82, 2.24) is 0 Å². The number of nitrogen functional groups attached to an aromatic ring is 1. The van der Waals surface area contributed by atoms with Crippen LogP contribution in [-0.4, -0.2) is 16.9 Å². The molecule has 1 aromatic carbocycles. The van der Waals surface area contributed by atoms with Crippen LogP contribution in [0.25, 0.3) is 0 Å². The van der Waals surface area contributed by atoms with Gasteiger partial charge in [0.15, 0.2) is 0 Å². The van der Waals surface area contributed by atoms with Crippen molar-refractivity contribution in [3.63, 3.8) is 0 Å². The van der Waals surface area contributed by atoms with Gasteiger partial charge in [-0.3, -0.25) is 10.2 Å². The molecule has 0 aliphatic heterocycles. The number of carbonyl (C=O) groups is 1. The van der Waals surface area contributed by atoms with Crippen molar-refractivity contribution in [3.05, 3.63) is 35.4 Å². The monoisotopic (exact) mass is 256 g/mol. The third kappa shape index (κ3) is 4.07. The minimum absolute atomic E-state index is 0. The number of nitrogens with two attached hydrogens (primary N) is 1. The Kier molecular flexibility index (Phi) is 6.28. The Morgan fingerprint density at radius 1 is 1.41 bits per heavy atom. The number of halogens is 1. The number of nitrogens with one attached hydrogen (secondary N) is 1. The minimum Gasteiger partial charge on any atom is -0.481 e. The zero-order valence-corrected chi connectivity index (χ0v) is 10.5. The fourth-order valence-corrected chi connectivity index (χ4v) is 1.62. The fraction of sp³-hybridized carbons (Fsp3) is 0.333. The van der Waals surface area contributed by atoms with Crippen molar-refractivity contribution in [2.45, 2.75) is 25.7 Å². The summed E-state index contributed by atoms with van der Waals surface area (Å²) in [4.78, 5) is 11.0. The van der Waals surface area contributed by atoms with E-state index >= 15 is 0 Å². The standard InChI is InChI=1S/C12H16N2O2.ClH/c1-2-3-10(12(15)16)8-4-6-9(7-5-8)11(13)14;/h4-7,10H,2-3H2,1H3,(H3,13,14)(H,15,16);1H. The molecule has 0 aromatic heterocycles. The third-order valence-electron chi connectivity index (χ3n) is 2.50. The number of carboxylic acids is 1. The zero-order valence-electron chi connectivity index (χ0n) is 9.64. The SMILES string of the molecule is CCCC(C(=O)O)c1ccc(C(=N)N)cc1.Cl. The van der Waals surface area contributed by atoms with E-state index in [0.29, 0.717) is 12.0 Å². The Bertz CT molecular complexity index is 390. The summed E-state index contributed by atoms with van der Waals surface area (Å²) < 4.78 is 0. The highest BCUT2D eigenvalue weighted by atomic mass is 35.5. The Labute approximate surface area is 107 Å². The zero-order chi connectivity index (χ0) is 12.1. The summed E-state index contributed by atoms with van der Waals surface area (Å²) >= 11 is 0. The summed E-state index contributed by atoms with van der Waals surface area (Å²) in [6.45, 7) is 1.96. The van der Waals surface area contributed by atoms with E-state index in [-0.39, 0.29) is 18.2 Å². The second-order valence-electron chi connectivity index (χ2n) is 3.72. The lowest BCUT2D eigenvalue weighted by atomic mass is 9.94. The van der Waals surface area contributed by atoms with Crippen LogP contribution in [0.4, 0.5) is 0 Å². The Hall–Kier alpha value is -1.55. The molecule has 1 rings (SSSR count). The molecular weight excluding hydrogens is 240 g/mol. The third-order valence-corrected chi connectivity index (χ3v) is 2.50. The second kappa shape index (κ2) is 6.91. The van der Waals surface area contributed by atoms with Crippen LogP contribution in [0.5, 0.6) is 0 Å². The molecule has 0 saturated heterocycles. The van der Waals surface area contributed by atoms with Crippen molar-refractivity contribution in [3.8, 4) is 0 Å². The van der Waals surface area contributed by atoms with Crippen LogP contribution in [-0.2, 0) is 4.79 Å². The summed E-state index contributed by atoms with van der Waals surface area (Å²) in [5.74, 6) is -1.28. The van der Waals surface area contributed by atoms with E-state index in [1.54, 1.807) is 24.3 Å². The van der Waals surface area contributed by atoms with Gasteiger partial charge in [0.05, 0.1) is 5.92 Å². The molecule has 4 N–H and O–H groups in total. The van der Waals surface area contributed by atoms with Crippen LogP contribution in [0.1, 0.15) is 36.8 Å². The maximum Gasteiger partial charge on any atom is 0.310 e. The maximum absolute atomic E-state index is 11.0. The van der Waals surface area contributed by atoms with E-state index < -0.39 is 11.9 Å². The number of rotatable bonds is 5. The fourth-order valence-electron chi connectivity index (χ4n) is 1.62. The summed E-state index contributed by atoms with van der Waals surface area (Å²) in [6, 6.07) is 6.82. The van der Waals surface area contributed by atoms with Crippen LogP contribution < -0.4 is 5.73 Å². The van der Waals surface area contributed by atoms with Crippen molar-refractivity contribution >= 4 is 24.2 Å². The lowest BCUT2D eigenvalue weighted by Crippen LogP contribution is -2.13. The second-order valence-corrected chi connectivity index (χ2v) is 3.72. The van der Waals surface area contributed by atoms with Crippen LogP contribution >= 0.6 is 12.4 Å². The van der Waals surface area contributed by atoms with Gasteiger partial charge in [-0.05, 0) is 12.0 Å². The number of benzene rings is 1. The van der Waals surface area contributed by atoms with Gasteiger partial charge in [0, 0.05) is 5.56 Å². The lowest BCUT2D eigenvalue weighted by molar-refractivity contribution is -0.139. The highest BCUT2D eigenvalue weighted by Gasteiger charge is 2.18. The first kappa shape index (κ1) is 15.4. The van der Waals surface area contributed by atoms with Gasteiger partial charge in [-0.15, -0.1) is 12.4 Å². The van der Waals surface area contributed by atoms with Crippen LogP contribution in [0.2, 0.25) is 0 Å². The maximum atomic E-state index is 11.0. The van der Waals surface area contributed by atoms with Crippen molar-refractivity contribution in [1.29, 1.82) is 5.41 Å². The molecule has 0 fully saturated rings.